The first kappa shape index (κ1) is 31.5. The normalized spacial score (nSPS) is 23.5. The molecule has 11 nitrogen and oxygen atoms in total. The van der Waals surface area contributed by atoms with Gasteiger partial charge in [0.05, 0.1) is 5.71 Å². The number of piperazine rings is 1. The molecule has 0 saturated carbocycles. The van der Waals surface area contributed by atoms with Crippen molar-refractivity contribution in [2.45, 2.75) is 57.5 Å². The Labute approximate surface area is 260 Å². The number of hydrogen-bond acceptors (Lipinski definition) is 9. The highest BCUT2D eigenvalue weighted by Gasteiger charge is 2.35. The lowest BCUT2D eigenvalue weighted by atomic mass is 10.0. The summed E-state index contributed by atoms with van der Waals surface area (Å²) in [6, 6.07) is 13.7. The molecule has 5 rings (SSSR count). The number of amides is 2. The van der Waals surface area contributed by atoms with Crippen LogP contribution in [-0.2, 0) is 9.59 Å². The Morgan fingerprint density at radius 3 is 2.39 bits per heavy atom. The Morgan fingerprint density at radius 2 is 1.73 bits per heavy atom. The highest BCUT2D eigenvalue weighted by molar-refractivity contribution is 5.99. The minimum Gasteiger partial charge on any atom is -0.371 e. The van der Waals surface area contributed by atoms with Crippen LogP contribution < -0.4 is 31.9 Å². The average molecular weight is 602 g/mol. The van der Waals surface area contributed by atoms with Gasteiger partial charge in [-0.3, -0.25) is 24.8 Å². The number of primary amides is 1. The quantitative estimate of drug-likeness (QED) is 0.263. The van der Waals surface area contributed by atoms with Gasteiger partial charge in [-0.15, -0.1) is 0 Å². The number of anilines is 4. The maximum absolute atomic E-state index is 12.5. The first-order valence-corrected chi connectivity index (χ1v) is 15.7. The number of aliphatic imine (C=N–C) groups is 1. The van der Waals surface area contributed by atoms with E-state index < -0.39 is 18.1 Å². The van der Waals surface area contributed by atoms with Crippen molar-refractivity contribution in [2.24, 2.45) is 10.7 Å². The Bertz CT molecular complexity index is 1360. The Balaban J connectivity index is 1.25. The van der Waals surface area contributed by atoms with Crippen LogP contribution in [0.4, 0.5) is 22.7 Å². The molecule has 2 saturated heterocycles. The molecule has 0 bridgehead atoms. The van der Waals surface area contributed by atoms with Crippen molar-refractivity contribution in [3.8, 4) is 0 Å². The molecule has 0 aliphatic carbocycles. The summed E-state index contributed by atoms with van der Waals surface area (Å²) in [5, 5.41) is 13.2. The second kappa shape index (κ2) is 14.2. The van der Waals surface area contributed by atoms with E-state index in [-0.39, 0.29) is 12.1 Å². The molecule has 0 spiro atoms. The van der Waals surface area contributed by atoms with Crippen molar-refractivity contribution in [3.63, 3.8) is 0 Å². The summed E-state index contributed by atoms with van der Waals surface area (Å²) < 4.78 is 0. The second-order valence-corrected chi connectivity index (χ2v) is 12.0. The van der Waals surface area contributed by atoms with Gasteiger partial charge in [0.2, 0.25) is 11.8 Å². The molecule has 11 heteroatoms. The van der Waals surface area contributed by atoms with Gasteiger partial charge in [0.25, 0.3) is 0 Å². The second-order valence-electron chi connectivity index (χ2n) is 12.0. The number of nitrogens with zero attached hydrogens (tertiary/aromatic N) is 4. The van der Waals surface area contributed by atoms with E-state index in [0.29, 0.717) is 18.2 Å². The lowest BCUT2D eigenvalue weighted by Gasteiger charge is -2.43. The summed E-state index contributed by atoms with van der Waals surface area (Å²) in [6.45, 7) is 14.4. The number of aryl methyl sites for hydroxylation is 1. The standard InChI is InChI=1S/C33H47N9O2/c1-5-27-32(36-24-9-7-8-23(21-24)35-29(43)6-2)39-33(30(38-27)31(34)44)37-25-10-11-28(22(3)20-25)42-14-12-26(13-15-42)41-18-16-40(4)17-19-41/h6-11,20-21,26,30,32-33,36-37,39H,2,5,12-19H2,1,3-4H3,(H2,34,44)(H,35,43). The van der Waals surface area contributed by atoms with Crippen molar-refractivity contribution in [1.82, 2.24) is 15.1 Å². The van der Waals surface area contributed by atoms with Gasteiger partial charge in [0, 0.05) is 68.1 Å². The van der Waals surface area contributed by atoms with Crippen molar-refractivity contribution >= 4 is 40.3 Å². The number of nitrogens with two attached hydrogens (primary N) is 1. The van der Waals surface area contributed by atoms with Crippen LogP contribution in [-0.4, -0.2) is 98.1 Å². The van der Waals surface area contributed by atoms with E-state index in [4.69, 9.17) is 10.7 Å². The van der Waals surface area contributed by atoms with Crippen molar-refractivity contribution in [1.29, 1.82) is 0 Å². The predicted molar refractivity (Wildman–Crippen MR) is 179 cm³/mol. The van der Waals surface area contributed by atoms with E-state index in [1.54, 1.807) is 0 Å². The highest BCUT2D eigenvalue weighted by Crippen LogP contribution is 2.29. The molecule has 236 valence electrons. The van der Waals surface area contributed by atoms with Gasteiger partial charge in [-0.2, -0.15) is 0 Å². The number of hydrogen-bond donors (Lipinski definition) is 5. The van der Waals surface area contributed by atoms with Crippen molar-refractivity contribution < 1.29 is 9.59 Å². The topological polar surface area (TPSA) is 130 Å². The minimum atomic E-state index is -0.769. The van der Waals surface area contributed by atoms with Gasteiger partial charge in [-0.1, -0.05) is 19.6 Å². The summed E-state index contributed by atoms with van der Waals surface area (Å²) in [4.78, 5) is 36.6. The zero-order valence-corrected chi connectivity index (χ0v) is 26.2. The third-order valence-corrected chi connectivity index (χ3v) is 8.96. The van der Waals surface area contributed by atoms with Gasteiger partial charge in [0.1, 0.15) is 12.3 Å². The van der Waals surface area contributed by atoms with Gasteiger partial charge in [-0.25, -0.2) is 0 Å². The van der Waals surface area contributed by atoms with Crippen LogP contribution in [0.25, 0.3) is 0 Å². The molecular formula is C33H47N9O2. The van der Waals surface area contributed by atoms with E-state index in [9.17, 15) is 9.59 Å². The van der Waals surface area contributed by atoms with Crippen LogP contribution >= 0.6 is 0 Å². The largest absolute Gasteiger partial charge is 0.371 e. The Kier molecular flexibility index (Phi) is 10.2. The number of rotatable bonds is 10. The fourth-order valence-electron chi connectivity index (χ4n) is 6.45. The predicted octanol–water partition coefficient (Wildman–Crippen LogP) is 2.82. The van der Waals surface area contributed by atoms with Crippen LogP contribution in [0.5, 0.6) is 0 Å². The lowest BCUT2D eigenvalue weighted by molar-refractivity contribution is -0.119. The van der Waals surface area contributed by atoms with E-state index in [1.165, 1.54) is 43.3 Å². The van der Waals surface area contributed by atoms with E-state index in [1.807, 2.05) is 31.2 Å². The van der Waals surface area contributed by atoms with Crippen LogP contribution in [0.3, 0.4) is 0 Å². The number of nitrogens with one attached hydrogen (secondary N) is 4. The lowest BCUT2D eigenvalue weighted by Crippen LogP contribution is -2.61. The molecule has 3 aliphatic heterocycles. The molecule has 2 amide bonds. The Hall–Kier alpha value is -3.93. The summed E-state index contributed by atoms with van der Waals surface area (Å²) in [7, 11) is 2.21. The van der Waals surface area contributed by atoms with E-state index in [0.717, 1.165) is 43.3 Å². The summed E-state index contributed by atoms with van der Waals surface area (Å²) in [5.41, 5.74) is 11.4. The fraction of sp³-hybridized carbons (Fsp3) is 0.485. The van der Waals surface area contributed by atoms with Crippen LogP contribution in [0.15, 0.2) is 60.1 Å². The van der Waals surface area contributed by atoms with Gasteiger partial charge < -0.3 is 31.5 Å². The first-order chi connectivity index (χ1) is 21.2. The van der Waals surface area contributed by atoms with Crippen molar-refractivity contribution in [3.05, 3.63) is 60.7 Å². The molecule has 2 aromatic carbocycles. The number of carbonyl (C=O) groups excluding carboxylic acids is 2. The minimum absolute atomic E-state index is 0.279. The third kappa shape index (κ3) is 7.58. The summed E-state index contributed by atoms with van der Waals surface area (Å²) in [5.74, 6) is -0.774. The van der Waals surface area contributed by atoms with Gasteiger partial charge in [0.15, 0.2) is 6.04 Å². The smallest absolute Gasteiger partial charge is 0.247 e. The SMILES string of the molecule is C=CC(=O)Nc1cccc(NC2NC(Nc3ccc(N4CCC(N5CCN(C)CC5)CC4)c(C)c3)C(C(N)=O)N=C2CC)c1. The number of carbonyl (C=O) groups is 2. The highest BCUT2D eigenvalue weighted by atomic mass is 16.2. The Morgan fingerprint density at radius 1 is 1.02 bits per heavy atom. The number of likely N-dealkylation sites (N-methyl/N-ethyl adjacent to an activating group) is 1. The fourth-order valence-corrected chi connectivity index (χ4v) is 6.45. The zero-order valence-electron chi connectivity index (χ0n) is 26.2. The van der Waals surface area contributed by atoms with E-state index >= 15 is 0 Å². The van der Waals surface area contributed by atoms with Gasteiger partial charge >= 0.3 is 0 Å². The number of piperidine rings is 1. The molecule has 3 aliphatic rings. The molecule has 3 unspecified atom stereocenters. The van der Waals surface area contributed by atoms with Gasteiger partial charge in [-0.05, 0) is 81.3 Å². The molecule has 2 aromatic rings. The molecule has 3 atom stereocenters. The molecule has 3 heterocycles. The van der Waals surface area contributed by atoms with E-state index in [2.05, 4.69) is 74.7 Å². The first-order valence-electron chi connectivity index (χ1n) is 15.7. The monoisotopic (exact) mass is 601 g/mol. The molecule has 44 heavy (non-hydrogen) atoms. The van der Waals surface area contributed by atoms with Crippen LogP contribution in [0.2, 0.25) is 0 Å². The number of benzene rings is 2. The third-order valence-electron chi connectivity index (χ3n) is 8.96. The van der Waals surface area contributed by atoms with Crippen LogP contribution in [0, 0.1) is 6.92 Å². The molecule has 0 aromatic heterocycles. The maximum Gasteiger partial charge on any atom is 0.247 e. The summed E-state index contributed by atoms with van der Waals surface area (Å²) >= 11 is 0. The average Bonchev–Trinajstić information content (AvgIpc) is 3.02. The molecule has 0 radical (unpaired) electrons. The van der Waals surface area contributed by atoms with Crippen LogP contribution in [0.1, 0.15) is 31.7 Å². The molecule has 6 N–H and O–H groups in total. The molecule has 2 fully saturated rings. The maximum atomic E-state index is 12.5. The summed E-state index contributed by atoms with van der Waals surface area (Å²) in [6.07, 6.45) is 3.37. The molecular weight excluding hydrogens is 554 g/mol. The van der Waals surface area contributed by atoms with Crippen molar-refractivity contribution in [2.75, 3.05) is 67.2 Å². The zero-order chi connectivity index (χ0) is 31.2.